The summed E-state index contributed by atoms with van der Waals surface area (Å²) in [7, 11) is 3.94. The Morgan fingerprint density at radius 3 is 2.83 bits per heavy atom. The van der Waals surface area contributed by atoms with E-state index in [4.69, 9.17) is 5.11 Å². The molecule has 1 heterocycles. The number of hydrogen-bond acceptors (Lipinski definition) is 2. The Bertz CT molecular complexity index is 170. The summed E-state index contributed by atoms with van der Waals surface area (Å²) < 4.78 is 0. The molecule has 4 nitrogen and oxygen atoms in total. The molecule has 0 aromatic carbocycles. The van der Waals surface area contributed by atoms with Crippen molar-refractivity contribution in [3.05, 3.63) is 0 Å². The Kier molecular flexibility index (Phi) is 2.92. The van der Waals surface area contributed by atoms with Crippen LogP contribution in [0.5, 0.6) is 0 Å². The van der Waals surface area contributed by atoms with E-state index in [0.29, 0.717) is 6.54 Å². The molecule has 12 heavy (non-hydrogen) atoms. The molecule has 1 saturated heterocycles. The molecule has 0 bridgehead atoms. The van der Waals surface area contributed by atoms with E-state index in [1.807, 2.05) is 19.0 Å². The third-order valence-corrected chi connectivity index (χ3v) is 2.20. The van der Waals surface area contributed by atoms with Gasteiger partial charge in [0.15, 0.2) is 0 Å². The van der Waals surface area contributed by atoms with Gasteiger partial charge in [-0.2, -0.15) is 0 Å². The standard InChI is InChI=1S/C8H16N2O2/c1-9(2)6-7-4-3-5-10(7)8(11)12/h7H,3-6H2,1-2H3,(H,11,12)/t7-/m1/s1. The van der Waals surface area contributed by atoms with Crippen molar-refractivity contribution in [2.45, 2.75) is 18.9 Å². The van der Waals surface area contributed by atoms with Gasteiger partial charge in [0.25, 0.3) is 0 Å². The maximum atomic E-state index is 10.7. The first kappa shape index (κ1) is 9.32. The van der Waals surface area contributed by atoms with Gasteiger partial charge in [0, 0.05) is 19.1 Å². The summed E-state index contributed by atoms with van der Waals surface area (Å²) in [4.78, 5) is 14.3. The highest BCUT2D eigenvalue weighted by molar-refractivity contribution is 5.65. The number of carboxylic acid groups (broad SMARTS) is 1. The Balaban J connectivity index is 2.46. The van der Waals surface area contributed by atoms with E-state index in [-0.39, 0.29) is 6.04 Å². The molecule has 1 N–H and O–H groups in total. The second-order valence-corrected chi connectivity index (χ2v) is 3.53. The van der Waals surface area contributed by atoms with Gasteiger partial charge >= 0.3 is 6.09 Å². The van der Waals surface area contributed by atoms with Crippen LogP contribution in [-0.2, 0) is 0 Å². The summed E-state index contributed by atoms with van der Waals surface area (Å²) in [5, 5.41) is 8.80. The van der Waals surface area contributed by atoms with Crippen molar-refractivity contribution in [1.29, 1.82) is 0 Å². The predicted octanol–water partition coefficient (Wildman–Crippen LogP) is 0.690. The van der Waals surface area contributed by atoms with E-state index in [1.165, 1.54) is 0 Å². The molecule has 0 spiro atoms. The highest BCUT2D eigenvalue weighted by Crippen LogP contribution is 2.17. The van der Waals surface area contributed by atoms with Crippen molar-refractivity contribution in [2.24, 2.45) is 0 Å². The predicted molar refractivity (Wildman–Crippen MR) is 46.3 cm³/mol. The molecular formula is C8H16N2O2. The van der Waals surface area contributed by atoms with Crippen molar-refractivity contribution in [3.8, 4) is 0 Å². The number of carbonyl (C=O) groups is 1. The van der Waals surface area contributed by atoms with Crippen molar-refractivity contribution in [1.82, 2.24) is 9.80 Å². The first-order chi connectivity index (χ1) is 5.61. The molecule has 1 fully saturated rings. The second-order valence-electron chi connectivity index (χ2n) is 3.53. The van der Waals surface area contributed by atoms with Gasteiger partial charge in [0.1, 0.15) is 0 Å². The molecular weight excluding hydrogens is 156 g/mol. The number of likely N-dealkylation sites (tertiary alicyclic amines) is 1. The molecule has 1 rings (SSSR count). The third kappa shape index (κ3) is 2.11. The summed E-state index contributed by atoms with van der Waals surface area (Å²) >= 11 is 0. The highest BCUT2D eigenvalue weighted by Gasteiger charge is 2.28. The Labute approximate surface area is 72.8 Å². The first-order valence-electron chi connectivity index (χ1n) is 4.25. The minimum absolute atomic E-state index is 0.206. The maximum Gasteiger partial charge on any atom is 0.407 e. The van der Waals surface area contributed by atoms with Crippen LogP contribution in [-0.4, -0.2) is 54.2 Å². The third-order valence-electron chi connectivity index (χ3n) is 2.20. The quantitative estimate of drug-likeness (QED) is 0.666. The van der Waals surface area contributed by atoms with E-state index >= 15 is 0 Å². The number of nitrogens with zero attached hydrogens (tertiary/aromatic N) is 2. The van der Waals surface area contributed by atoms with Crippen LogP contribution in [0.25, 0.3) is 0 Å². The maximum absolute atomic E-state index is 10.7. The van der Waals surface area contributed by atoms with Crippen LogP contribution in [0.3, 0.4) is 0 Å². The summed E-state index contributed by atoms with van der Waals surface area (Å²) in [6.45, 7) is 1.54. The van der Waals surface area contributed by atoms with Crippen LogP contribution in [0.1, 0.15) is 12.8 Å². The smallest absolute Gasteiger partial charge is 0.407 e. The summed E-state index contributed by atoms with van der Waals surface area (Å²) in [6, 6.07) is 0.206. The van der Waals surface area contributed by atoms with Gasteiger partial charge in [0.2, 0.25) is 0 Å². The van der Waals surface area contributed by atoms with Crippen LogP contribution in [0.2, 0.25) is 0 Å². The van der Waals surface area contributed by atoms with Crippen molar-refractivity contribution >= 4 is 6.09 Å². The normalized spacial score (nSPS) is 23.6. The SMILES string of the molecule is CN(C)C[C@H]1CCCN1C(=O)O. The lowest BCUT2D eigenvalue weighted by Gasteiger charge is -2.24. The van der Waals surface area contributed by atoms with Crippen LogP contribution in [0.15, 0.2) is 0 Å². The van der Waals surface area contributed by atoms with Gasteiger partial charge < -0.3 is 14.9 Å². The van der Waals surface area contributed by atoms with E-state index < -0.39 is 6.09 Å². The molecule has 1 aliphatic rings. The minimum Gasteiger partial charge on any atom is -0.465 e. The Morgan fingerprint density at radius 1 is 1.67 bits per heavy atom. The molecule has 1 atom stereocenters. The topological polar surface area (TPSA) is 43.8 Å². The average Bonchev–Trinajstić information content (AvgIpc) is 2.33. The minimum atomic E-state index is -0.778. The summed E-state index contributed by atoms with van der Waals surface area (Å²) in [5.74, 6) is 0. The van der Waals surface area contributed by atoms with Crippen LogP contribution >= 0.6 is 0 Å². The van der Waals surface area contributed by atoms with Crippen molar-refractivity contribution in [2.75, 3.05) is 27.2 Å². The largest absolute Gasteiger partial charge is 0.465 e. The van der Waals surface area contributed by atoms with Gasteiger partial charge in [-0.1, -0.05) is 0 Å². The van der Waals surface area contributed by atoms with E-state index in [9.17, 15) is 4.79 Å². The lowest BCUT2D eigenvalue weighted by atomic mass is 10.2. The lowest BCUT2D eigenvalue weighted by Crippen LogP contribution is -2.40. The van der Waals surface area contributed by atoms with Crippen molar-refractivity contribution < 1.29 is 9.90 Å². The zero-order valence-electron chi connectivity index (χ0n) is 7.66. The Hall–Kier alpha value is -0.770. The second kappa shape index (κ2) is 3.76. The lowest BCUT2D eigenvalue weighted by molar-refractivity contribution is 0.132. The fraction of sp³-hybridized carbons (Fsp3) is 0.875. The molecule has 0 unspecified atom stereocenters. The molecule has 70 valence electrons. The fourth-order valence-electron chi connectivity index (χ4n) is 1.70. The summed E-state index contributed by atoms with van der Waals surface area (Å²) in [6.07, 6.45) is 1.23. The molecule has 4 heteroatoms. The fourth-order valence-corrected chi connectivity index (χ4v) is 1.70. The molecule has 0 aromatic rings. The number of rotatable bonds is 2. The number of hydrogen-bond donors (Lipinski definition) is 1. The van der Waals surface area contributed by atoms with E-state index in [2.05, 4.69) is 0 Å². The van der Waals surface area contributed by atoms with Crippen LogP contribution < -0.4 is 0 Å². The molecule has 1 aliphatic heterocycles. The zero-order chi connectivity index (χ0) is 9.14. The average molecular weight is 172 g/mol. The van der Waals surface area contributed by atoms with Crippen LogP contribution in [0.4, 0.5) is 4.79 Å². The monoisotopic (exact) mass is 172 g/mol. The molecule has 0 radical (unpaired) electrons. The van der Waals surface area contributed by atoms with Gasteiger partial charge in [-0.25, -0.2) is 4.79 Å². The molecule has 0 saturated carbocycles. The highest BCUT2D eigenvalue weighted by atomic mass is 16.4. The number of amides is 1. The van der Waals surface area contributed by atoms with Gasteiger partial charge in [-0.05, 0) is 26.9 Å². The zero-order valence-corrected chi connectivity index (χ0v) is 7.66. The number of likely N-dealkylation sites (N-methyl/N-ethyl adjacent to an activating group) is 1. The first-order valence-corrected chi connectivity index (χ1v) is 4.25. The van der Waals surface area contributed by atoms with Gasteiger partial charge in [-0.3, -0.25) is 0 Å². The van der Waals surface area contributed by atoms with Gasteiger partial charge in [0.05, 0.1) is 0 Å². The van der Waals surface area contributed by atoms with E-state index in [0.717, 1.165) is 19.4 Å². The Morgan fingerprint density at radius 2 is 2.33 bits per heavy atom. The summed E-state index contributed by atoms with van der Waals surface area (Å²) in [5.41, 5.74) is 0. The molecule has 0 aromatic heterocycles. The molecule has 1 amide bonds. The van der Waals surface area contributed by atoms with E-state index in [1.54, 1.807) is 4.90 Å². The van der Waals surface area contributed by atoms with Gasteiger partial charge in [-0.15, -0.1) is 0 Å². The molecule has 0 aliphatic carbocycles. The van der Waals surface area contributed by atoms with Crippen molar-refractivity contribution in [3.63, 3.8) is 0 Å². The van der Waals surface area contributed by atoms with Crippen LogP contribution in [0, 0.1) is 0 Å².